The minimum atomic E-state index is -3.61. The van der Waals surface area contributed by atoms with E-state index in [2.05, 4.69) is 19.6 Å². The van der Waals surface area contributed by atoms with Crippen LogP contribution in [0.5, 0.6) is 0 Å². The second-order valence-electron chi connectivity index (χ2n) is 6.17. The van der Waals surface area contributed by atoms with Crippen LogP contribution in [-0.2, 0) is 27.8 Å². The van der Waals surface area contributed by atoms with Crippen LogP contribution in [-0.4, -0.2) is 30.4 Å². The van der Waals surface area contributed by atoms with Crippen molar-refractivity contribution >= 4 is 32.7 Å². The highest BCUT2D eigenvalue weighted by Crippen LogP contribution is 2.20. The van der Waals surface area contributed by atoms with Gasteiger partial charge in [-0.15, -0.1) is 0 Å². The summed E-state index contributed by atoms with van der Waals surface area (Å²) in [4.78, 5) is 15.6. The summed E-state index contributed by atoms with van der Waals surface area (Å²) in [5, 5.41) is 3.65. The molecule has 7 nitrogen and oxygen atoms in total. The van der Waals surface area contributed by atoms with Crippen LogP contribution in [0.4, 0.5) is 5.69 Å². The van der Waals surface area contributed by atoms with Gasteiger partial charge in [-0.1, -0.05) is 0 Å². The highest BCUT2D eigenvalue weighted by Gasteiger charge is 2.14. The van der Waals surface area contributed by atoms with Crippen LogP contribution in [0.2, 0.25) is 0 Å². The van der Waals surface area contributed by atoms with Crippen LogP contribution in [0.25, 0.3) is 11.0 Å². The van der Waals surface area contributed by atoms with Gasteiger partial charge >= 0.3 is 0 Å². The number of nitrogens with one attached hydrogen (secondary N) is 2. The number of nitrogens with zero attached hydrogens (tertiary/aromatic N) is 2. The lowest BCUT2D eigenvalue weighted by Crippen LogP contribution is -2.26. The molecule has 2 aromatic heterocycles. The summed E-state index contributed by atoms with van der Waals surface area (Å²) in [5.74, 6) is -0.204. The quantitative estimate of drug-likeness (QED) is 0.653. The summed E-state index contributed by atoms with van der Waals surface area (Å²) in [6, 6.07) is 9.96. The molecule has 27 heavy (non-hydrogen) atoms. The number of hydrogen-bond acceptors (Lipinski definition) is 4. The maximum Gasteiger partial charge on any atom is 0.240 e. The van der Waals surface area contributed by atoms with Gasteiger partial charge in [0.2, 0.25) is 15.9 Å². The van der Waals surface area contributed by atoms with Gasteiger partial charge in [-0.25, -0.2) is 18.1 Å². The number of aromatic nitrogens is 2. The molecule has 142 valence electrons. The number of fused-ring (bicyclic) bond motifs is 1. The van der Waals surface area contributed by atoms with E-state index >= 15 is 0 Å². The maximum atomic E-state index is 12.5. The number of amides is 1. The van der Waals surface area contributed by atoms with Crippen molar-refractivity contribution < 1.29 is 13.2 Å². The number of benzene rings is 1. The zero-order valence-electron chi connectivity index (χ0n) is 15.3. The summed E-state index contributed by atoms with van der Waals surface area (Å²) in [6.07, 6.45) is 4.35. The van der Waals surface area contributed by atoms with Gasteiger partial charge in [-0.2, -0.15) is 0 Å². The summed E-state index contributed by atoms with van der Waals surface area (Å²) in [5.41, 5.74) is 2.52. The van der Waals surface area contributed by atoms with Crippen molar-refractivity contribution in [1.29, 1.82) is 0 Å². The van der Waals surface area contributed by atoms with E-state index < -0.39 is 10.0 Å². The molecule has 0 atom stereocenters. The fourth-order valence-electron chi connectivity index (χ4n) is 2.96. The second kappa shape index (κ2) is 7.89. The molecule has 2 N–H and O–H groups in total. The molecule has 3 aromatic rings. The number of anilines is 1. The summed E-state index contributed by atoms with van der Waals surface area (Å²) < 4.78 is 29.6. The van der Waals surface area contributed by atoms with E-state index in [1.54, 1.807) is 18.3 Å². The first-order chi connectivity index (χ1) is 12.9. The Balaban J connectivity index is 1.68. The van der Waals surface area contributed by atoms with Crippen molar-refractivity contribution in [1.82, 2.24) is 14.3 Å². The summed E-state index contributed by atoms with van der Waals surface area (Å²) >= 11 is 0. The molecule has 0 radical (unpaired) electrons. The second-order valence-corrected chi connectivity index (χ2v) is 7.94. The fourth-order valence-corrected chi connectivity index (χ4v) is 3.99. The molecule has 0 saturated carbocycles. The zero-order valence-corrected chi connectivity index (χ0v) is 16.1. The smallest absolute Gasteiger partial charge is 0.240 e. The molecule has 1 aromatic carbocycles. The van der Waals surface area contributed by atoms with E-state index in [9.17, 15) is 13.2 Å². The van der Waals surface area contributed by atoms with Gasteiger partial charge in [0.1, 0.15) is 5.65 Å². The lowest BCUT2D eigenvalue weighted by atomic mass is 10.2. The lowest BCUT2D eigenvalue weighted by Gasteiger charge is -2.08. The molecule has 0 aliphatic carbocycles. The largest absolute Gasteiger partial charge is 0.333 e. The minimum absolute atomic E-state index is 0.161. The number of aryl methyl sites for hydroxylation is 1. The van der Waals surface area contributed by atoms with Crippen LogP contribution >= 0.6 is 0 Å². The van der Waals surface area contributed by atoms with E-state index in [-0.39, 0.29) is 17.3 Å². The molecule has 2 heterocycles. The van der Waals surface area contributed by atoms with E-state index in [1.807, 2.05) is 25.3 Å². The van der Waals surface area contributed by atoms with Crippen LogP contribution in [0, 0.1) is 0 Å². The van der Waals surface area contributed by atoms with E-state index in [4.69, 9.17) is 0 Å². The number of sulfonamides is 1. The Labute approximate surface area is 158 Å². The van der Waals surface area contributed by atoms with Crippen molar-refractivity contribution in [2.24, 2.45) is 0 Å². The minimum Gasteiger partial charge on any atom is -0.333 e. The van der Waals surface area contributed by atoms with Crippen LogP contribution in [0.15, 0.2) is 53.7 Å². The van der Waals surface area contributed by atoms with E-state index in [0.717, 1.165) is 23.1 Å². The molecule has 0 fully saturated rings. The molecule has 1 amide bonds. The van der Waals surface area contributed by atoms with Gasteiger partial charge in [-0.05, 0) is 55.3 Å². The number of hydrogen-bond donors (Lipinski definition) is 2. The Hall–Kier alpha value is -2.71. The Morgan fingerprint density at radius 2 is 1.93 bits per heavy atom. The molecule has 0 saturated heterocycles. The molecule has 0 aliphatic rings. The normalized spacial score (nSPS) is 11.6. The van der Waals surface area contributed by atoms with E-state index in [0.29, 0.717) is 12.1 Å². The predicted molar refractivity (Wildman–Crippen MR) is 105 cm³/mol. The van der Waals surface area contributed by atoms with Crippen molar-refractivity contribution in [2.75, 3.05) is 11.9 Å². The van der Waals surface area contributed by atoms with Gasteiger partial charge in [0.15, 0.2) is 0 Å². The van der Waals surface area contributed by atoms with Gasteiger partial charge < -0.3 is 9.88 Å². The Kier molecular flexibility index (Phi) is 5.57. The van der Waals surface area contributed by atoms with Crippen LogP contribution < -0.4 is 10.0 Å². The number of rotatable bonds is 7. The van der Waals surface area contributed by atoms with E-state index in [1.165, 1.54) is 19.1 Å². The van der Waals surface area contributed by atoms with Crippen molar-refractivity contribution in [3.8, 4) is 0 Å². The highest BCUT2D eigenvalue weighted by molar-refractivity contribution is 7.89. The monoisotopic (exact) mass is 386 g/mol. The van der Waals surface area contributed by atoms with Crippen molar-refractivity contribution in [3.63, 3.8) is 0 Å². The third kappa shape index (κ3) is 4.35. The molecule has 8 heteroatoms. The van der Waals surface area contributed by atoms with Crippen LogP contribution in [0.3, 0.4) is 0 Å². The topological polar surface area (TPSA) is 93.1 Å². The van der Waals surface area contributed by atoms with Crippen LogP contribution in [0.1, 0.15) is 19.4 Å². The molecule has 3 rings (SSSR count). The first-order valence-electron chi connectivity index (χ1n) is 8.71. The number of pyridine rings is 1. The zero-order chi connectivity index (χ0) is 19.4. The highest BCUT2D eigenvalue weighted by atomic mass is 32.2. The molecule has 0 unspecified atom stereocenters. The maximum absolute atomic E-state index is 12.5. The molecule has 0 bridgehead atoms. The first-order valence-corrected chi connectivity index (χ1v) is 10.2. The first kappa shape index (κ1) is 19.1. The molecular weight excluding hydrogens is 364 g/mol. The van der Waals surface area contributed by atoms with Crippen molar-refractivity contribution in [2.45, 2.75) is 31.7 Å². The number of carbonyl (C=O) groups is 1. The fraction of sp³-hybridized carbons (Fsp3) is 0.263. The van der Waals surface area contributed by atoms with Gasteiger partial charge in [-0.3, -0.25) is 4.79 Å². The van der Waals surface area contributed by atoms with Gasteiger partial charge in [0.05, 0.1) is 4.90 Å². The summed E-state index contributed by atoms with van der Waals surface area (Å²) in [7, 11) is -3.61. The number of carbonyl (C=O) groups excluding carboxylic acids is 1. The SMILES string of the molecule is CCn1cc(CCNS(=O)(=O)c2ccc(NC(C)=O)cc2)c2cccnc21. The van der Waals surface area contributed by atoms with Gasteiger partial charge in [0, 0.05) is 43.5 Å². The Bertz CT molecular complexity index is 1060. The van der Waals surface area contributed by atoms with Gasteiger partial charge in [0.25, 0.3) is 0 Å². The standard InChI is InChI=1S/C19H22N4O3S/c1-3-23-13-15(18-5-4-11-20-19(18)23)10-12-21-27(25,26)17-8-6-16(7-9-17)22-14(2)24/h4-9,11,13,21H,3,10,12H2,1-2H3,(H,22,24). The third-order valence-corrected chi connectivity index (χ3v) is 5.71. The molecule has 0 aliphatic heterocycles. The van der Waals surface area contributed by atoms with Crippen molar-refractivity contribution in [3.05, 3.63) is 54.4 Å². The predicted octanol–water partition coefficient (Wildman–Crippen LogP) is 2.54. The lowest BCUT2D eigenvalue weighted by molar-refractivity contribution is -0.114. The Morgan fingerprint density at radius 3 is 2.59 bits per heavy atom. The Morgan fingerprint density at radius 1 is 1.19 bits per heavy atom. The molecular formula is C19H22N4O3S. The molecule has 0 spiro atoms. The summed E-state index contributed by atoms with van der Waals surface area (Å²) in [6.45, 7) is 4.54. The average Bonchev–Trinajstić information content (AvgIpc) is 3.00. The average molecular weight is 386 g/mol. The third-order valence-electron chi connectivity index (χ3n) is 4.23.